The normalized spacial score (nSPS) is 12.3. The third kappa shape index (κ3) is 3.57. The van der Waals surface area contributed by atoms with Gasteiger partial charge in [0, 0.05) is 0 Å². The first-order valence-corrected chi connectivity index (χ1v) is 6.36. The molecule has 18 heavy (non-hydrogen) atoms. The van der Waals surface area contributed by atoms with Gasteiger partial charge in [-0.15, -0.1) is 0 Å². The van der Waals surface area contributed by atoms with Gasteiger partial charge in [-0.05, 0) is 62.3 Å². The van der Waals surface area contributed by atoms with Crippen LogP contribution < -0.4 is 5.73 Å². The van der Waals surface area contributed by atoms with E-state index in [0.717, 1.165) is 12.8 Å². The topological polar surface area (TPSA) is 52.3 Å². The van der Waals surface area contributed by atoms with Gasteiger partial charge in [-0.2, -0.15) is 0 Å². The molecule has 3 heteroatoms. The number of hydrogen-bond acceptors (Lipinski definition) is 3. The minimum atomic E-state index is -0.498. The first-order chi connectivity index (χ1) is 8.47. The van der Waals surface area contributed by atoms with Crippen molar-refractivity contribution in [3.63, 3.8) is 0 Å². The van der Waals surface area contributed by atoms with E-state index < -0.39 is 6.04 Å². The van der Waals surface area contributed by atoms with Gasteiger partial charge in [0.1, 0.15) is 6.04 Å². The molecule has 0 aliphatic carbocycles. The van der Waals surface area contributed by atoms with Crippen LogP contribution in [0.25, 0.3) is 0 Å². The second-order valence-corrected chi connectivity index (χ2v) is 4.81. The van der Waals surface area contributed by atoms with Crippen LogP contribution in [0.15, 0.2) is 12.1 Å². The van der Waals surface area contributed by atoms with Crippen LogP contribution in [0.1, 0.15) is 35.1 Å². The molecule has 0 fully saturated rings. The van der Waals surface area contributed by atoms with Gasteiger partial charge in [0.05, 0.1) is 7.11 Å². The molecule has 0 aromatic heterocycles. The molecule has 0 bridgehead atoms. The maximum atomic E-state index is 11.2. The van der Waals surface area contributed by atoms with Crippen molar-refractivity contribution in [3.8, 4) is 0 Å². The monoisotopic (exact) mass is 249 g/mol. The Labute approximate surface area is 109 Å². The van der Waals surface area contributed by atoms with Crippen LogP contribution in [-0.2, 0) is 16.0 Å². The molecule has 0 saturated carbocycles. The average Bonchev–Trinajstić information content (AvgIpc) is 2.37. The summed E-state index contributed by atoms with van der Waals surface area (Å²) in [7, 11) is 1.37. The molecule has 1 atom stereocenters. The van der Waals surface area contributed by atoms with Crippen LogP contribution in [0.4, 0.5) is 0 Å². The Balaban J connectivity index is 2.55. The molecule has 1 rings (SSSR count). The van der Waals surface area contributed by atoms with E-state index in [9.17, 15) is 4.79 Å². The van der Waals surface area contributed by atoms with Crippen LogP contribution in [0.5, 0.6) is 0 Å². The van der Waals surface area contributed by atoms with Crippen molar-refractivity contribution in [1.29, 1.82) is 0 Å². The smallest absolute Gasteiger partial charge is 0.322 e. The third-order valence-corrected chi connectivity index (χ3v) is 3.64. The molecular formula is C15H23NO2. The van der Waals surface area contributed by atoms with Crippen LogP contribution in [-0.4, -0.2) is 19.1 Å². The lowest BCUT2D eigenvalue weighted by molar-refractivity contribution is -0.142. The van der Waals surface area contributed by atoms with Crippen LogP contribution in [0.2, 0.25) is 0 Å². The van der Waals surface area contributed by atoms with Gasteiger partial charge in [0.25, 0.3) is 0 Å². The molecule has 2 N–H and O–H groups in total. The third-order valence-electron chi connectivity index (χ3n) is 3.64. The van der Waals surface area contributed by atoms with Crippen LogP contribution in [0.3, 0.4) is 0 Å². The second kappa shape index (κ2) is 6.55. The summed E-state index contributed by atoms with van der Waals surface area (Å²) in [4.78, 5) is 11.2. The highest BCUT2D eigenvalue weighted by Crippen LogP contribution is 2.19. The Kier molecular flexibility index (Phi) is 5.35. The standard InChI is InChI=1S/C15H23NO2/c1-10-8-9-13(12(3)11(10)2)6-5-7-14(16)15(17)18-4/h8-9,14H,5-7,16H2,1-4H3. The predicted molar refractivity (Wildman–Crippen MR) is 73.6 cm³/mol. The minimum Gasteiger partial charge on any atom is -0.468 e. The zero-order valence-corrected chi connectivity index (χ0v) is 11.7. The van der Waals surface area contributed by atoms with E-state index in [1.54, 1.807) is 0 Å². The van der Waals surface area contributed by atoms with Crippen molar-refractivity contribution >= 4 is 5.97 Å². The first kappa shape index (κ1) is 14.7. The molecule has 1 aromatic rings. The number of hydrogen-bond donors (Lipinski definition) is 1. The summed E-state index contributed by atoms with van der Waals surface area (Å²) in [6, 6.07) is 3.82. The number of ether oxygens (including phenoxy) is 1. The van der Waals surface area contributed by atoms with Crippen LogP contribution in [0, 0.1) is 20.8 Å². The van der Waals surface area contributed by atoms with Crippen molar-refractivity contribution < 1.29 is 9.53 Å². The molecular weight excluding hydrogens is 226 g/mol. The number of methoxy groups -OCH3 is 1. The highest BCUT2D eigenvalue weighted by atomic mass is 16.5. The fraction of sp³-hybridized carbons (Fsp3) is 0.533. The lowest BCUT2D eigenvalue weighted by Gasteiger charge is -2.12. The van der Waals surface area contributed by atoms with Gasteiger partial charge in [0.15, 0.2) is 0 Å². The fourth-order valence-corrected chi connectivity index (χ4v) is 2.06. The average molecular weight is 249 g/mol. The molecule has 3 nitrogen and oxygen atoms in total. The number of benzene rings is 1. The summed E-state index contributed by atoms with van der Waals surface area (Å²) < 4.78 is 4.61. The largest absolute Gasteiger partial charge is 0.468 e. The van der Waals surface area contributed by atoms with E-state index >= 15 is 0 Å². The molecule has 0 spiro atoms. The maximum absolute atomic E-state index is 11.2. The van der Waals surface area contributed by atoms with Gasteiger partial charge >= 0.3 is 5.97 Å². The lowest BCUT2D eigenvalue weighted by Crippen LogP contribution is -2.31. The summed E-state index contributed by atoms with van der Waals surface area (Å²) >= 11 is 0. The molecule has 0 saturated heterocycles. The molecule has 0 heterocycles. The number of nitrogens with two attached hydrogens (primary N) is 1. The van der Waals surface area contributed by atoms with Gasteiger partial charge < -0.3 is 10.5 Å². The minimum absolute atomic E-state index is 0.327. The highest BCUT2D eigenvalue weighted by molar-refractivity contribution is 5.75. The Bertz CT molecular complexity index is 427. The first-order valence-electron chi connectivity index (χ1n) is 6.36. The predicted octanol–water partition coefficient (Wildman–Crippen LogP) is 2.43. The molecule has 0 radical (unpaired) electrons. The number of esters is 1. The Morgan fingerprint density at radius 1 is 1.28 bits per heavy atom. The SMILES string of the molecule is COC(=O)C(N)CCCc1ccc(C)c(C)c1C. The van der Waals surface area contributed by atoms with E-state index in [2.05, 4.69) is 37.6 Å². The van der Waals surface area contributed by atoms with Crippen molar-refractivity contribution in [3.05, 3.63) is 34.4 Å². The van der Waals surface area contributed by atoms with Gasteiger partial charge in [-0.25, -0.2) is 0 Å². The summed E-state index contributed by atoms with van der Waals surface area (Å²) in [6.45, 7) is 6.42. The Hall–Kier alpha value is -1.35. The Morgan fingerprint density at radius 3 is 2.56 bits per heavy atom. The van der Waals surface area contributed by atoms with E-state index in [0.29, 0.717) is 6.42 Å². The zero-order chi connectivity index (χ0) is 13.7. The summed E-state index contributed by atoms with van der Waals surface area (Å²) in [5.41, 5.74) is 11.1. The zero-order valence-electron chi connectivity index (χ0n) is 11.7. The van der Waals surface area contributed by atoms with Crippen molar-refractivity contribution in [2.75, 3.05) is 7.11 Å². The molecule has 1 aromatic carbocycles. The number of carbonyl (C=O) groups excluding carboxylic acids is 1. The van der Waals surface area contributed by atoms with Crippen molar-refractivity contribution in [1.82, 2.24) is 0 Å². The van der Waals surface area contributed by atoms with E-state index in [-0.39, 0.29) is 5.97 Å². The number of carbonyl (C=O) groups is 1. The van der Waals surface area contributed by atoms with E-state index in [1.807, 2.05) is 0 Å². The summed E-state index contributed by atoms with van der Waals surface area (Å²) in [6.07, 6.45) is 2.52. The van der Waals surface area contributed by atoms with Gasteiger partial charge in [-0.3, -0.25) is 4.79 Å². The lowest BCUT2D eigenvalue weighted by atomic mass is 9.95. The Morgan fingerprint density at radius 2 is 1.94 bits per heavy atom. The number of aryl methyl sites for hydroxylation is 2. The van der Waals surface area contributed by atoms with Crippen LogP contribution >= 0.6 is 0 Å². The molecule has 0 amide bonds. The number of rotatable bonds is 5. The molecule has 0 aliphatic heterocycles. The molecule has 100 valence electrons. The summed E-state index contributed by atoms with van der Waals surface area (Å²) in [5, 5.41) is 0. The second-order valence-electron chi connectivity index (χ2n) is 4.81. The van der Waals surface area contributed by atoms with Crippen molar-refractivity contribution in [2.45, 2.75) is 46.1 Å². The summed E-state index contributed by atoms with van der Waals surface area (Å²) in [5.74, 6) is -0.327. The van der Waals surface area contributed by atoms with E-state index in [4.69, 9.17) is 5.73 Å². The van der Waals surface area contributed by atoms with E-state index in [1.165, 1.54) is 29.4 Å². The van der Waals surface area contributed by atoms with Gasteiger partial charge in [0.2, 0.25) is 0 Å². The highest BCUT2D eigenvalue weighted by Gasteiger charge is 2.13. The van der Waals surface area contributed by atoms with Crippen molar-refractivity contribution in [2.24, 2.45) is 5.73 Å². The van der Waals surface area contributed by atoms with Gasteiger partial charge in [-0.1, -0.05) is 12.1 Å². The fourth-order valence-electron chi connectivity index (χ4n) is 2.06. The molecule has 0 aliphatic rings. The maximum Gasteiger partial charge on any atom is 0.322 e. The quantitative estimate of drug-likeness (QED) is 0.815. The molecule has 1 unspecified atom stereocenters.